The number of carbonyl (C=O) groups is 2. The van der Waals surface area contributed by atoms with Gasteiger partial charge in [-0.15, -0.1) is 6.58 Å². The van der Waals surface area contributed by atoms with Gasteiger partial charge in [0.05, 0.1) is 11.4 Å². The lowest BCUT2D eigenvalue weighted by Crippen LogP contribution is -2.27. The first-order valence-corrected chi connectivity index (χ1v) is 10.1. The number of rotatable bonds is 7. The van der Waals surface area contributed by atoms with Crippen molar-refractivity contribution in [3.63, 3.8) is 0 Å². The quantitative estimate of drug-likeness (QED) is 0.413. The number of carbonyl (C=O) groups excluding carboxylic acids is 2. The first-order chi connectivity index (χ1) is 14.2. The lowest BCUT2D eigenvalue weighted by molar-refractivity contribution is -0.122. The average molecular weight is 404 g/mol. The first-order valence-electron chi connectivity index (χ1n) is 9.29. The largest absolute Gasteiger partial charge is 0.492 e. The highest BCUT2D eigenvalue weighted by atomic mass is 32.2. The van der Waals surface area contributed by atoms with Crippen molar-refractivity contribution in [2.24, 2.45) is 0 Å². The molecule has 3 aromatic rings. The van der Waals surface area contributed by atoms with Crippen LogP contribution < -0.4 is 4.74 Å². The smallest absolute Gasteiger partial charge is 0.293 e. The summed E-state index contributed by atoms with van der Waals surface area (Å²) in [4.78, 5) is 26.2. The second kappa shape index (κ2) is 8.41. The third kappa shape index (κ3) is 3.98. The van der Waals surface area contributed by atoms with Crippen LogP contribution in [-0.2, 0) is 11.3 Å². The fourth-order valence-electron chi connectivity index (χ4n) is 3.28. The van der Waals surface area contributed by atoms with Crippen LogP contribution in [0.15, 0.2) is 78.4 Å². The lowest BCUT2D eigenvalue weighted by atomic mass is 10.1. The van der Waals surface area contributed by atoms with Crippen LogP contribution in [0.2, 0.25) is 0 Å². The van der Waals surface area contributed by atoms with Crippen LogP contribution in [0.25, 0.3) is 17.0 Å². The van der Waals surface area contributed by atoms with Crippen molar-refractivity contribution in [2.75, 3.05) is 13.2 Å². The van der Waals surface area contributed by atoms with Crippen LogP contribution in [-0.4, -0.2) is 33.8 Å². The Labute approximate surface area is 173 Å². The van der Waals surface area contributed by atoms with Crippen molar-refractivity contribution in [1.29, 1.82) is 0 Å². The predicted molar refractivity (Wildman–Crippen MR) is 117 cm³/mol. The number of aromatic nitrogens is 1. The normalized spacial score (nSPS) is 15.4. The summed E-state index contributed by atoms with van der Waals surface area (Å²) in [5.74, 6) is 0.559. The van der Waals surface area contributed by atoms with Crippen molar-refractivity contribution in [1.82, 2.24) is 9.47 Å². The Morgan fingerprint density at radius 3 is 2.59 bits per heavy atom. The molecule has 0 saturated carbocycles. The van der Waals surface area contributed by atoms with Gasteiger partial charge in [-0.05, 0) is 36.0 Å². The number of nitrogens with zero attached hydrogens (tertiary/aromatic N) is 2. The summed E-state index contributed by atoms with van der Waals surface area (Å²) in [6, 6.07) is 17.7. The van der Waals surface area contributed by atoms with E-state index in [4.69, 9.17) is 4.74 Å². The molecule has 5 nitrogen and oxygen atoms in total. The molecule has 2 amide bonds. The van der Waals surface area contributed by atoms with Gasteiger partial charge in [0.2, 0.25) is 0 Å². The van der Waals surface area contributed by atoms with Crippen LogP contribution in [0.4, 0.5) is 4.79 Å². The van der Waals surface area contributed by atoms with Crippen molar-refractivity contribution in [3.8, 4) is 5.75 Å². The Bertz CT molecular complexity index is 1100. The summed E-state index contributed by atoms with van der Waals surface area (Å²) in [6.45, 7) is 5.02. The Morgan fingerprint density at radius 1 is 1.03 bits per heavy atom. The molecule has 2 heterocycles. The van der Waals surface area contributed by atoms with Crippen molar-refractivity contribution in [2.45, 2.75) is 6.54 Å². The number of amides is 2. The zero-order valence-electron chi connectivity index (χ0n) is 15.8. The molecule has 0 atom stereocenters. The Hall–Kier alpha value is -3.25. The zero-order chi connectivity index (χ0) is 20.2. The van der Waals surface area contributed by atoms with Gasteiger partial charge >= 0.3 is 0 Å². The molecule has 4 rings (SSSR count). The van der Waals surface area contributed by atoms with Gasteiger partial charge < -0.3 is 9.30 Å². The van der Waals surface area contributed by atoms with Crippen LogP contribution in [0, 0.1) is 0 Å². The minimum Gasteiger partial charge on any atom is -0.492 e. The summed E-state index contributed by atoms with van der Waals surface area (Å²) in [5, 5.41) is 0.767. The van der Waals surface area contributed by atoms with Gasteiger partial charge in [0.15, 0.2) is 0 Å². The maximum Gasteiger partial charge on any atom is 0.293 e. The molecule has 1 fully saturated rings. The minimum absolute atomic E-state index is 0.223. The standard InChI is InChI=1S/C23H20N2O3S/c1-2-12-25-22(26)21(29-23(25)27)15-17-16-24(20-11-7-6-10-19(17)20)13-14-28-18-8-4-3-5-9-18/h2-11,15-16H,1,12-14H2/b21-15-. The van der Waals surface area contributed by atoms with E-state index in [1.165, 1.54) is 4.90 Å². The highest BCUT2D eigenvalue weighted by Crippen LogP contribution is 2.34. The van der Waals surface area contributed by atoms with Gasteiger partial charge in [0.25, 0.3) is 11.1 Å². The van der Waals surface area contributed by atoms with Crippen molar-refractivity contribution < 1.29 is 14.3 Å². The molecule has 1 aliphatic rings. The van der Waals surface area contributed by atoms with Crippen LogP contribution >= 0.6 is 11.8 Å². The molecule has 146 valence electrons. The summed E-state index contributed by atoms with van der Waals surface area (Å²) >= 11 is 0.966. The second-order valence-electron chi connectivity index (χ2n) is 6.54. The third-order valence-corrected chi connectivity index (χ3v) is 5.54. The van der Waals surface area contributed by atoms with E-state index in [1.54, 1.807) is 12.2 Å². The molecule has 2 aromatic carbocycles. The maximum absolute atomic E-state index is 12.5. The summed E-state index contributed by atoms with van der Waals surface area (Å²) in [5.41, 5.74) is 1.96. The number of hydrogen-bond donors (Lipinski definition) is 0. The monoisotopic (exact) mass is 404 g/mol. The van der Waals surface area contributed by atoms with E-state index in [9.17, 15) is 9.59 Å². The fraction of sp³-hybridized carbons (Fsp3) is 0.130. The van der Waals surface area contributed by atoms with E-state index >= 15 is 0 Å². The van der Waals surface area contributed by atoms with E-state index in [1.807, 2.05) is 60.8 Å². The van der Waals surface area contributed by atoms with E-state index in [-0.39, 0.29) is 17.7 Å². The fourth-order valence-corrected chi connectivity index (χ4v) is 4.12. The van der Waals surface area contributed by atoms with Gasteiger partial charge in [0.1, 0.15) is 12.4 Å². The Morgan fingerprint density at radius 2 is 1.79 bits per heavy atom. The Balaban J connectivity index is 1.58. The molecule has 0 N–H and O–H groups in total. The highest BCUT2D eigenvalue weighted by Gasteiger charge is 2.34. The molecule has 1 saturated heterocycles. The number of imide groups is 1. The lowest BCUT2D eigenvalue weighted by Gasteiger charge is -2.08. The maximum atomic E-state index is 12.5. The van der Waals surface area contributed by atoms with E-state index in [0.717, 1.165) is 34.0 Å². The second-order valence-corrected chi connectivity index (χ2v) is 7.53. The molecular formula is C23H20N2O3S. The van der Waals surface area contributed by atoms with Gasteiger partial charge in [-0.1, -0.05) is 42.5 Å². The summed E-state index contributed by atoms with van der Waals surface area (Å²) < 4.78 is 7.93. The molecule has 1 aliphatic heterocycles. The van der Waals surface area contributed by atoms with Gasteiger partial charge in [-0.2, -0.15) is 0 Å². The predicted octanol–water partition coefficient (Wildman–Crippen LogP) is 4.94. The average Bonchev–Trinajstić information content (AvgIpc) is 3.22. The van der Waals surface area contributed by atoms with Gasteiger partial charge in [-0.25, -0.2) is 0 Å². The van der Waals surface area contributed by atoms with E-state index in [2.05, 4.69) is 11.1 Å². The number of thioether (sulfide) groups is 1. The summed E-state index contributed by atoms with van der Waals surface area (Å²) in [7, 11) is 0. The first kappa shape index (κ1) is 19.1. The topological polar surface area (TPSA) is 51.5 Å². The number of benzene rings is 2. The third-order valence-electron chi connectivity index (χ3n) is 4.64. The number of para-hydroxylation sites is 2. The molecule has 0 bridgehead atoms. The van der Waals surface area contributed by atoms with Gasteiger partial charge in [-0.3, -0.25) is 14.5 Å². The molecule has 1 aromatic heterocycles. The van der Waals surface area contributed by atoms with Crippen LogP contribution in [0.3, 0.4) is 0 Å². The number of ether oxygens (including phenoxy) is 1. The Kier molecular flexibility index (Phi) is 5.53. The summed E-state index contributed by atoms with van der Waals surface area (Å²) in [6.07, 6.45) is 5.35. The minimum atomic E-state index is -0.274. The van der Waals surface area contributed by atoms with Crippen LogP contribution in [0.1, 0.15) is 5.56 Å². The van der Waals surface area contributed by atoms with E-state index < -0.39 is 0 Å². The molecule has 0 aliphatic carbocycles. The van der Waals surface area contributed by atoms with Crippen LogP contribution in [0.5, 0.6) is 5.75 Å². The van der Waals surface area contributed by atoms with E-state index in [0.29, 0.717) is 18.1 Å². The molecule has 6 heteroatoms. The molecule has 0 spiro atoms. The van der Waals surface area contributed by atoms with Gasteiger partial charge in [0, 0.05) is 29.2 Å². The number of hydrogen-bond acceptors (Lipinski definition) is 4. The molecule has 0 unspecified atom stereocenters. The highest BCUT2D eigenvalue weighted by molar-refractivity contribution is 8.18. The molecule has 29 heavy (non-hydrogen) atoms. The SMILES string of the molecule is C=CCN1C(=O)S/C(=C\c2cn(CCOc3ccccc3)c3ccccc23)C1=O. The van der Waals surface area contributed by atoms with Crippen molar-refractivity contribution >= 4 is 39.9 Å². The number of fused-ring (bicyclic) bond motifs is 1. The molecular weight excluding hydrogens is 384 g/mol. The zero-order valence-corrected chi connectivity index (χ0v) is 16.6. The van der Waals surface area contributed by atoms with Crippen molar-refractivity contribution in [3.05, 3.63) is 83.9 Å². The molecule has 0 radical (unpaired) electrons.